The third kappa shape index (κ3) is 3.06. The fraction of sp³-hybridized carbons (Fsp3) is 0.833. The van der Waals surface area contributed by atoms with Gasteiger partial charge in [-0.05, 0) is 0 Å². The molecule has 1 fully saturated rings. The topological polar surface area (TPSA) is 154 Å². The third-order valence-electron chi connectivity index (χ3n) is 1.92. The molecule has 0 aromatic heterocycles. The first-order valence-corrected chi connectivity index (χ1v) is 5.69. The molecule has 1 rings (SSSR count). The van der Waals surface area contributed by atoms with Crippen LogP contribution in [0.1, 0.15) is 0 Å². The van der Waals surface area contributed by atoms with E-state index in [2.05, 4.69) is 9.26 Å². The summed E-state index contributed by atoms with van der Waals surface area (Å²) >= 11 is 0. The van der Waals surface area contributed by atoms with Crippen LogP contribution >= 0.6 is 7.82 Å². The molecule has 16 heavy (non-hydrogen) atoms. The highest BCUT2D eigenvalue weighted by Crippen LogP contribution is 2.39. The second-order valence-electron chi connectivity index (χ2n) is 3.11. The van der Waals surface area contributed by atoms with E-state index in [0.29, 0.717) is 0 Å². The zero-order valence-corrected chi connectivity index (χ0v) is 8.73. The Bertz CT molecular complexity index is 311. The van der Waals surface area contributed by atoms with Gasteiger partial charge in [0.2, 0.25) is 6.29 Å². The molecule has 0 saturated carbocycles. The Morgan fingerprint density at radius 2 is 1.88 bits per heavy atom. The minimum absolute atomic E-state index is 0.763. The van der Waals surface area contributed by atoms with E-state index in [9.17, 15) is 19.6 Å². The molecule has 10 heteroatoms. The Balaban J connectivity index is 2.79. The number of aliphatic hydroxyl groups is 3. The fourth-order valence-corrected chi connectivity index (χ4v) is 1.61. The lowest BCUT2D eigenvalue weighted by Crippen LogP contribution is -2.56. The van der Waals surface area contributed by atoms with Gasteiger partial charge in [-0.3, -0.25) is 9.32 Å². The summed E-state index contributed by atoms with van der Waals surface area (Å²) in [5.74, 6) is -1.14. The van der Waals surface area contributed by atoms with Crippen molar-refractivity contribution in [1.82, 2.24) is 0 Å². The van der Waals surface area contributed by atoms with Crippen molar-refractivity contribution in [3.05, 3.63) is 0 Å². The number of aliphatic hydroxyl groups excluding tert-OH is 3. The normalized spacial score (nSPS) is 36.4. The van der Waals surface area contributed by atoms with E-state index >= 15 is 0 Å². The van der Waals surface area contributed by atoms with Crippen molar-refractivity contribution in [2.45, 2.75) is 24.6 Å². The van der Waals surface area contributed by atoms with Crippen molar-refractivity contribution >= 4 is 13.6 Å². The van der Waals surface area contributed by atoms with Gasteiger partial charge in [-0.25, -0.2) is 4.57 Å². The highest BCUT2D eigenvalue weighted by molar-refractivity contribution is 7.46. The summed E-state index contributed by atoms with van der Waals surface area (Å²) in [5.41, 5.74) is 0. The zero-order chi connectivity index (χ0) is 12.5. The quantitative estimate of drug-likeness (QED) is 0.335. The number of carbonyl (C=O) groups excluding carboxylic acids is 1. The SMILES string of the molecule is O=C1[C@@H](O)C(OP(=O)(O)O)O[C@H](CO)[C@H]1O. The molecule has 4 atom stereocenters. The Hall–Kier alpha value is -0.380. The van der Waals surface area contributed by atoms with E-state index in [1.54, 1.807) is 0 Å². The number of phosphoric ester groups is 1. The second-order valence-corrected chi connectivity index (χ2v) is 4.31. The van der Waals surface area contributed by atoms with Crippen LogP contribution in [0.4, 0.5) is 0 Å². The van der Waals surface area contributed by atoms with E-state index in [-0.39, 0.29) is 0 Å². The average Bonchev–Trinajstić information content (AvgIpc) is 2.17. The highest BCUT2D eigenvalue weighted by atomic mass is 31.2. The Morgan fingerprint density at radius 1 is 1.31 bits per heavy atom. The lowest BCUT2D eigenvalue weighted by atomic mass is 10.0. The monoisotopic (exact) mass is 258 g/mol. The smallest absolute Gasteiger partial charge is 0.394 e. The van der Waals surface area contributed by atoms with Gasteiger partial charge < -0.3 is 29.8 Å². The summed E-state index contributed by atoms with van der Waals surface area (Å²) in [7, 11) is -4.96. The van der Waals surface area contributed by atoms with Crippen molar-refractivity contribution < 1.29 is 43.7 Å². The Kier molecular flexibility index (Phi) is 4.16. The third-order valence-corrected chi connectivity index (χ3v) is 2.41. The number of ether oxygens (including phenoxy) is 1. The molecule has 1 unspecified atom stereocenters. The number of hydrogen-bond donors (Lipinski definition) is 5. The van der Waals surface area contributed by atoms with E-state index in [1.165, 1.54) is 0 Å². The first-order chi connectivity index (χ1) is 7.26. The molecular formula is C6H11O9P. The molecule has 0 spiro atoms. The molecule has 1 saturated heterocycles. The van der Waals surface area contributed by atoms with Gasteiger partial charge in [0.1, 0.15) is 12.2 Å². The van der Waals surface area contributed by atoms with Crippen LogP contribution in [-0.4, -0.2) is 62.1 Å². The van der Waals surface area contributed by atoms with Crippen LogP contribution in [0.2, 0.25) is 0 Å². The summed E-state index contributed by atoms with van der Waals surface area (Å²) in [6.07, 6.45) is -7.11. The second kappa shape index (κ2) is 4.86. The van der Waals surface area contributed by atoms with E-state index in [4.69, 9.17) is 14.9 Å². The van der Waals surface area contributed by atoms with Crippen molar-refractivity contribution in [2.75, 3.05) is 6.61 Å². The Morgan fingerprint density at radius 3 is 2.31 bits per heavy atom. The number of Topliss-reactive ketones (excluding diaryl/α,β-unsaturated/α-hetero) is 1. The molecule has 0 aromatic carbocycles. The molecule has 9 nitrogen and oxygen atoms in total. The number of carbonyl (C=O) groups is 1. The lowest BCUT2D eigenvalue weighted by Gasteiger charge is -2.34. The summed E-state index contributed by atoms with van der Waals surface area (Å²) in [6, 6.07) is 0. The lowest BCUT2D eigenvalue weighted by molar-refractivity contribution is -0.233. The van der Waals surface area contributed by atoms with Crippen LogP contribution < -0.4 is 0 Å². The van der Waals surface area contributed by atoms with E-state index in [1.807, 2.05) is 0 Å². The molecule has 0 radical (unpaired) electrons. The maximum atomic E-state index is 11.2. The fourth-order valence-electron chi connectivity index (χ4n) is 1.17. The maximum Gasteiger partial charge on any atom is 0.472 e. The van der Waals surface area contributed by atoms with Gasteiger partial charge in [-0.1, -0.05) is 0 Å². The molecule has 1 heterocycles. The summed E-state index contributed by atoms with van der Waals surface area (Å²) in [6.45, 7) is -0.763. The zero-order valence-electron chi connectivity index (χ0n) is 7.83. The number of ketones is 1. The van der Waals surface area contributed by atoms with Crippen molar-refractivity contribution in [1.29, 1.82) is 0 Å². The Labute approximate surface area is 89.5 Å². The van der Waals surface area contributed by atoms with Gasteiger partial charge in [0, 0.05) is 0 Å². The standard InChI is InChI=1S/C6H11O9P/c7-1-2-3(8)4(9)5(10)6(14-2)15-16(11,12)13/h2-3,5-8,10H,1H2,(H2,11,12,13)/t2-,3-,5-,6?/m1/s1. The first kappa shape index (κ1) is 13.7. The maximum absolute atomic E-state index is 11.2. The minimum Gasteiger partial charge on any atom is -0.394 e. The minimum atomic E-state index is -4.96. The molecule has 0 amide bonds. The first-order valence-electron chi connectivity index (χ1n) is 4.16. The summed E-state index contributed by atoms with van der Waals surface area (Å²) < 4.78 is 19.1. The van der Waals surface area contributed by atoms with Crippen molar-refractivity contribution in [3.63, 3.8) is 0 Å². The van der Waals surface area contributed by atoms with E-state index < -0.39 is 44.8 Å². The van der Waals surface area contributed by atoms with Gasteiger partial charge in [-0.15, -0.1) is 0 Å². The van der Waals surface area contributed by atoms with Gasteiger partial charge >= 0.3 is 7.82 Å². The van der Waals surface area contributed by atoms with Gasteiger partial charge in [0.15, 0.2) is 11.9 Å². The molecular weight excluding hydrogens is 247 g/mol. The predicted octanol–water partition coefficient (Wildman–Crippen LogP) is -2.90. The van der Waals surface area contributed by atoms with Gasteiger partial charge in [0.25, 0.3) is 0 Å². The van der Waals surface area contributed by atoms with Gasteiger partial charge in [0.05, 0.1) is 6.61 Å². The van der Waals surface area contributed by atoms with Crippen LogP contribution in [0.5, 0.6) is 0 Å². The van der Waals surface area contributed by atoms with Crippen LogP contribution in [0.3, 0.4) is 0 Å². The largest absolute Gasteiger partial charge is 0.472 e. The van der Waals surface area contributed by atoms with Crippen LogP contribution in [-0.2, 0) is 18.6 Å². The predicted molar refractivity (Wildman–Crippen MR) is 45.9 cm³/mol. The molecule has 0 aliphatic carbocycles. The molecule has 94 valence electrons. The highest BCUT2D eigenvalue weighted by Gasteiger charge is 2.45. The van der Waals surface area contributed by atoms with Crippen LogP contribution in [0, 0.1) is 0 Å². The number of rotatable bonds is 3. The van der Waals surface area contributed by atoms with Gasteiger partial charge in [-0.2, -0.15) is 0 Å². The molecule has 5 N–H and O–H groups in total. The summed E-state index contributed by atoms with van der Waals surface area (Å²) in [5, 5.41) is 27.1. The van der Waals surface area contributed by atoms with Crippen molar-refractivity contribution in [3.8, 4) is 0 Å². The van der Waals surface area contributed by atoms with E-state index in [0.717, 1.165) is 0 Å². The van der Waals surface area contributed by atoms with Crippen molar-refractivity contribution in [2.24, 2.45) is 0 Å². The number of phosphoric acid groups is 1. The van der Waals surface area contributed by atoms with Crippen LogP contribution in [0.25, 0.3) is 0 Å². The van der Waals surface area contributed by atoms with Crippen LogP contribution in [0.15, 0.2) is 0 Å². The molecule has 1 aliphatic rings. The average molecular weight is 258 g/mol. The summed E-state index contributed by atoms with van der Waals surface area (Å²) in [4.78, 5) is 28.1. The molecule has 0 aromatic rings. The molecule has 1 aliphatic heterocycles. The molecule has 0 bridgehead atoms. The number of hydrogen-bond acceptors (Lipinski definition) is 7.